The first kappa shape index (κ1) is 23.9. The minimum absolute atomic E-state index is 0. The number of piperidine rings is 1. The number of nitrogens with zero attached hydrogens (tertiary/aromatic N) is 1. The van der Waals surface area contributed by atoms with Gasteiger partial charge in [0.05, 0.1) is 31.3 Å². The lowest BCUT2D eigenvalue weighted by Gasteiger charge is -2.49. The van der Waals surface area contributed by atoms with Crippen molar-refractivity contribution in [2.45, 2.75) is 103 Å². The Hall–Kier alpha value is -0.130. The van der Waals surface area contributed by atoms with E-state index in [9.17, 15) is 15.0 Å². The van der Waals surface area contributed by atoms with E-state index < -0.39 is 5.97 Å². The summed E-state index contributed by atoms with van der Waals surface area (Å²) in [6.07, 6.45) is 8.09. The van der Waals surface area contributed by atoms with E-state index in [1.165, 1.54) is 17.3 Å². The lowest BCUT2D eigenvalue weighted by atomic mass is 9.95. The Morgan fingerprint density at radius 1 is 1.12 bits per heavy atom. The fraction of sp³-hybridized carbons (Fsp3) is 0.947. The smallest absolute Gasteiger partial charge is 0.0919 e. The minimum Gasteiger partial charge on any atom is -1.00 e. The second-order valence-corrected chi connectivity index (χ2v) is 7.92. The maximum Gasteiger partial charge on any atom is 0.0919 e. The number of quaternary nitrogens is 1. The molecule has 2 fully saturated rings. The number of hydrogen-bond donors (Lipinski definition) is 1. The van der Waals surface area contributed by atoms with Crippen molar-refractivity contribution in [3.8, 4) is 0 Å². The van der Waals surface area contributed by atoms with Crippen LogP contribution in [0.2, 0.25) is 0 Å². The van der Waals surface area contributed by atoms with Crippen LogP contribution in [-0.4, -0.2) is 46.8 Å². The third kappa shape index (κ3) is 5.70. The average molecular weight is 407 g/mol. The maximum absolute atomic E-state index is 10.4. The van der Waals surface area contributed by atoms with Crippen molar-refractivity contribution in [1.29, 1.82) is 0 Å². The molecule has 1 N–H and O–H groups in total. The minimum atomic E-state index is -0.885. The molecule has 0 amide bonds. The van der Waals surface area contributed by atoms with E-state index in [0.29, 0.717) is 6.04 Å². The predicted octanol–water partition coefficient (Wildman–Crippen LogP) is -0.516. The summed E-state index contributed by atoms with van der Waals surface area (Å²) in [7, 11) is 2.39. The van der Waals surface area contributed by atoms with Crippen LogP contribution in [0.25, 0.3) is 0 Å². The van der Waals surface area contributed by atoms with Gasteiger partial charge in [-0.25, -0.2) is 0 Å². The Morgan fingerprint density at radius 3 is 1.83 bits per heavy atom. The number of carbonyl (C=O) groups is 1. The van der Waals surface area contributed by atoms with E-state index in [2.05, 4.69) is 20.9 Å². The summed E-state index contributed by atoms with van der Waals surface area (Å²) >= 11 is 0. The molecule has 2 unspecified atom stereocenters. The molecule has 0 aromatic rings. The van der Waals surface area contributed by atoms with Gasteiger partial charge in [-0.3, -0.25) is 0 Å². The van der Waals surface area contributed by atoms with Crippen LogP contribution in [0, 0.1) is 5.92 Å². The number of carboxylic acids is 1. The van der Waals surface area contributed by atoms with Gasteiger partial charge >= 0.3 is 0 Å². The summed E-state index contributed by atoms with van der Waals surface area (Å²) in [5.41, 5.74) is 0. The number of fused-ring (bicyclic) bond motifs is 2. The van der Waals surface area contributed by atoms with Crippen LogP contribution < -0.4 is 22.1 Å². The number of carbonyl (C=O) groups excluding carboxylic acids is 1. The number of aliphatic hydroxyl groups is 1. The Kier molecular flexibility index (Phi) is 10.7. The normalized spacial score (nSPS) is 31.4. The van der Waals surface area contributed by atoms with Gasteiger partial charge < -0.3 is 36.5 Å². The first-order valence-electron chi connectivity index (χ1n) is 9.51. The summed E-state index contributed by atoms with van der Waals surface area (Å²) in [6.45, 7) is 8.63. The van der Waals surface area contributed by atoms with Crippen LogP contribution in [0.3, 0.4) is 0 Å². The summed E-state index contributed by atoms with van der Waals surface area (Å²) in [4.78, 5) is 10.4. The number of rotatable bonds is 6. The van der Waals surface area contributed by atoms with E-state index in [0.717, 1.165) is 50.6 Å². The standard InChI is InChI=1S/C11H22NO.C8H16O2.BrH/c1-8(2)12(3)9-4-5-10(12)7-11(13)6-9;1-3-5-7(6-4-2)8(9)10;/h8-11,13H,4-7H2,1-3H3;7H,3-6H2,1-2H3,(H,9,10);1H/q+1;;/p-2/t9-,10+,11?,12?;;. The van der Waals surface area contributed by atoms with Crippen LogP contribution in [-0.2, 0) is 4.79 Å². The van der Waals surface area contributed by atoms with Gasteiger partial charge in [-0.1, -0.05) is 26.7 Å². The van der Waals surface area contributed by atoms with E-state index in [-0.39, 0.29) is 29.0 Å². The number of carboxylic acid groups (broad SMARTS) is 1. The van der Waals surface area contributed by atoms with Crippen LogP contribution in [0.4, 0.5) is 0 Å². The molecular weight excluding hydrogens is 370 g/mol. The zero-order valence-corrected chi connectivity index (χ0v) is 17.7. The molecule has 0 spiro atoms. The number of halogens is 1. The van der Waals surface area contributed by atoms with Crippen molar-refractivity contribution in [2.24, 2.45) is 5.92 Å². The van der Waals surface area contributed by atoms with Crippen LogP contribution in [0.1, 0.15) is 79.1 Å². The van der Waals surface area contributed by atoms with Crippen molar-refractivity contribution in [1.82, 2.24) is 0 Å². The van der Waals surface area contributed by atoms with Gasteiger partial charge in [-0.05, 0) is 32.6 Å². The van der Waals surface area contributed by atoms with Gasteiger partial charge in [-0.15, -0.1) is 0 Å². The molecular formula is C19H37BrNO3-. The lowest BCUT2D eigenvalue weighted by Crippen LogP contribution is -3.00. The molecule has 2 saturated heterocycles. The van der Waals surface area contributed by atoms with E-state index in [1.54, 1.807) is 0 Å². The van der Waals surface area contributed by atoms with Gasteiger partial charge in [0, 0.05) is 31.7 Å². The van der Waals surface area contributed by atoms with Crippen LogP contribution >= 0.6 is 0 Å². The maximum atomic E-state index is 10.4. The molecule has 24 heavy (non-hydrogen) atoms. The summed E-state index contributed by atoms with van der Waals surface area (Å²) in [6, 6.07) is 2.17. The Balaban J connectivity index is 0.000000441. The predicted molar refractivity (Wildman–Crippen MR) is 91.7 cm³/mol. The summed E-state index contributed by atoms with van der Waals surface area (Å²) in [5, 5.41) is 20.1. The van der Waals surface area contributed by atoms with Gasteiger partial charge in [0.15, 0.2) is 0 Å². The van der Waals surface area contributed by atoms with E-state index in [4.69, 9.17) is 0 Å². The number of aliphatic hydroxyl groups excluding tert-OH is 1. The van der Waals surface area contributed by atoms with Crippen molar-refractivity contribution >= 4 is 5.97 Å². The second-order valence-electron chi connectivity index (χ2n) is 7.92. The third-order valence-corrected chi connectivity index (χ3v) is 6.22. The first-order chi connectivity index (χ1) is 10.8. The molecule has 0 radical (unpaired) electrons. The molecule has 5 heteroatoms. The van der Waals surface area contributed by atoms with Crippen molar-refractivity contribution in [3.05, 3.63) is 0 Å². The molecule has 2 rings (SSSR count). The highest BCUT2D eigenvalue weighted by atomic mass is 79.9. The molecule has 4 atom stereocenters. The Bertz CT molecular complexity index is 356. The molecule has 0 saturated carbocycles. The summed E-state index contributed by atoms with van der Waals surface area (Å²) < 4.78 is 1.22. The van der Waals surface area contributed by atoms with Gasteiger partial charge in [-0.2, -0.15) is 0 Å². The first-order valence-corrected chi connectivity index (χ1v) is 9.51. The third-order valence-electron chi connectivity index (χ3n) is 6.22. The van der Waals surface area contributed by atoms with E-state index >= 15 is 0 Å². The Labute approximate surface area is 159 Å². The molecule has 0 aromatic heterocycles. The van der Waals surface area contributed by atoms with E-state index in [1.807, 2.05) is 13.8 Å². The highest BCUT2D eigenvalue weighted by Crippen LogP contribution is 2.42. The van der Waals surface area contributed by atoms with Crippen molar-refractivity contribution in [2.75, 3.05) is 7.05 Å². The highest BCUT2D eigenvalue weighted by molar-refractivity contribution is 5.67. The lowest BCUT2D eigenvalue weighted by molar-refractivity contribution is -0.968. The zero-order valence-electron chi connectivity index (χ0n) is 16.1. The zero-order chi connectivity index (χ0) is 17.6. The monoisotopic (exact) mass is 406 g/mol. The molecule has 2 aliphatic heterocycles. The molecule has 2 bridgehead atoms. The fourth-order valence-electron chi connectivity index (χ4n) is 4.57. The number of aliphatic carboxylic acids is 1. The largest absolute Gasteiger partial charge is 1.00 e. The quantitative estimate of drug-likeness (QED) is 0.603. The molecule has 2 heterocycles. The number of hydrogen-bond acceptors (Lipinski definition) is 3. The summed E-state index contributed by atoms with van der Waals surface area (Å²) in [5.74, 6) is -1.10. The fourth-order valence-corrected chi connectivity index (χ4v) is 4.57. The molecule has 4 nitrogen and oxygen atoms in total. The van der Waals surface area contributed by atoms with Gasteiger partial charge in [0.1, 0.15) is 0 Å². The molecule has 2 aliphatic rings. The van der Waals surface area contributed by atoms with Crippen molar-refractivity contribution in [3.63, 3.8) is 0 Å². The SMILES string of the molecule is CC(C)[N+]1(C)[C@@H]2CC[C@H]1CC(O)C2.CCCC(CCC)C(=O)[O-].[Br-]. The molecule has 0 aliphatic carbocycles. The van der Waals surface area contributed by atoms with Crippen molar-refractivity contribution < 1.29 is 36.5 Å². The molecule has 144 valence electrons. The second kappa shape index (κ2) is 10.8. The average Bonchev–Trinajstić information content (AvgIpc) is 2.67. The highest BCUT2D eigenvalue weighted by Gasteiger charge is 2.52. The van der Waals surface area contributed by atoms with Gasteiger partial charge in [0.2, 0.25) is 0 Å². The van der Waals surface area contributed by atoms with Crippen LogP contribution in [0.5, 0.6) is 0 Å². The molecule has 0 aromatic carbocycles. The topological polar surface area (TPSA) is 60.4 Å². The van der Waals surface area contributed by atoms with Crippen LogP contribution in [0.15, 0.2) is 0 Å². The van der Waals surface area contributed by atoms with Gasteiger partial charge in [0.25, 0.3) is 0 Å². The Morgan fingerprint density at radius 2 is 1.54 bits per heavy atom.